The van der Waals surface area contributed by atoms with Crippen LogP contribution in [-0.4, -0.2) is 40.9 Å². The fraction of sp³-hybridized carbons (Fsp3) is 0.250. The van der Waals surface area contributed by atoms with Crippen LogP contribution in [-0.2, 0) is 4.74 Å². The second-order valence-corrected chi connectivity index (χ2v) is 6.19. The fourth-order valence-corrected chi connectivity index (χ4v) is 2.58. The summed E-state index contributed by atoms with van der Waals surface area (Å²) in [6.07, 6.45) is 0. The van der Waals surface area contributed by atoms with Crippen molar-refractivity contribution in [1.82, 2.24) is 20.1 Å². The van der Waals surface area contributed by atoms with E-state index >= 15 is 0 Å². The Labute approximate surface area is 157 Å². The number of aromatic nitrogens is 3. The number of benzene rings is 2. The first kappa shape index (κ1) is 18.7. The van der Waals surface area contributed by atoms with Crippen LogP contribution in [0.3, 0.4) is 0 Å². The molecule has 0 aliphatic carbocycles. The van der Waals surface area contributed by atoms with E-state index in [0.717, 1.165) is 16.8 Å². The van der Waals surface area contributed by atoms with Gasteiger partial charge in [-0.2, -0.15) is 0 Å². The molecule has 3 aromatic rings. The number of aryl methyl sites for hydroxylation is 2. The molecule has 27 heavy (non-hydrogen) atoms. The van der Waals surface area contributed by atoms with E-state index in [1.54, 1.807) is 23.9 Å². The van der Waals surface area contributed by atoms with E-state index in [4.69, 9.17) is 4.74 Å². The first-order chi connectivity index (χ1) is 13.0. The summed E-state index contributed by atoms with van der Waals surface area (Å²) >= 11 is 0. The number of rotatable bonds is 6. The van der Waals surface area contributed by atoms with E-state index in [1.807, 2.05) is 32.0 Å². The van der Waals surface area contributed by atoms with Gasteiger partial charge in [-0.25, -0.2) is 14.1 Å². The Balaban J connectivity index is 2.04. The molecule has 0 bridgehead atoms. The van der Waals surface area contributed by atoms with Crippen LogP contribution in [0.2, 0.25) is 0 Å². The van der Waals surface area contributed by atoms with Crippen molar-refractivity contribution in [3.63, 3.8) is 0 Å². The van der Waals surface area contributed by atoms with Crippen molar-refractivity contribution in [3.05, 3.63) is 65.2 Å². The van der Waals surface area contributed by atoms with Gasteiger partial charge in [-0.15, -0.1) is 5.10 Å². The summed E-state index contributed by atoms with van der Waals surface area (Å²) in [6.45, 7) is 4.79. The van der Waals surface area contributed by atoms with Crippen LogP contribution in [0, 0.1) is 19.7 Å². The van der Waals surface area contributed by atoms with Crippen molar-refractivity contribution in [2.75, 3.05) is 20.3 Å². The molecule has 0 fully saturated rings. The van der Waals surface area contributed by atoms with Crippen molar-refractivity contribution in [3.8, 4) is 17.1 Å². The van der Waals surface area contributed by atoms with E-state index < -0.39 is 5.91 Å². The molecule has 0 spiro atoms. The second kappa shape index (κ2) is 8.09. The van der Waals surface area contributed by atoms with Crippen molar-refractivity contribution >= 4 is 5.91 Å². The summed E-state index contributed by atoms with van der Waals surface area (Å²) in [6, 6.07) is 11.8. The lowest BCUT2D eigenvalue weighted by Gasteiger charge is -2.08. The van der Waals surface area contributed by atoms with E-state index in [1.165, 1.54) is 12.1 Å². The molecule has 1 aromatic heterocycles. The van der Waals surface area contributed by atoms with Gasteiger partial charge in [0.1, 0.15) is 5.82 Å². The highest BCUT2D eigenvalue weighted by Crippen LogP contribution is 2.23. The van der Waals surface area contributed by atoms with Crippen molar-refractivity contribution in [2.24, 2.45) is 0 Å². The predicted molar refractivity (Wildman–Crippen MR) is 100 cm³/mol. The molecular formula is C20H21FN4O2. The number of amides is 1. The SMILES string of the molecule is COCCNC(=O)c1nc(-c2ccc(F)cc2)n(-c2ccc(C)c(C)c2)n1. The summed E-state index contributed by atoms with van der Waals surface area (Å²) < 4.78 is 19.8. The largest absolute Gasteiger partial charge is 0.383 e. The molecule has 7 heteroatoms. The summed E-state index contributed by atoms with van der Waals surface area (Å²) in [5.41, 5.74) is 3.69. The Bertz CT molecular complexity index is 951. The molecular weight excluding hydrogens is 347 g/mol. The maximum absolute atomic E-state index is 13.3. The number of halogens is 1. The standard InChI is InChI=1S/C20H21FN4O2/c1-13-4-9-17(12-14(13)2)25-19(15-5-7-16(21)8-6-15)23-18(24-25)20(26)22-10-11-27-3/h4-9,12H,10-11H2,1-3H3,(H,22,26). The highest BCUT2D eigenvalue weighted by molar-refractivity contribution is 5.91. The third kappa shape index (κ3) is 4.20. The molecule has 140 valence electrons. The zero-order chi connectivity index (χ0) is 19.4. The van der Waals surface area contributed by atoms with E-state index in [9.17, 15) is 9.18 Å². The van der Waals surface area contributed by atoms with Crippen LogP contribution >= 0.6 is 0 Å². The summed E-state index contributed by atoms with van der Waals surface area (Å²) in [5, 5.41) is 7.10. The predicted octanol–water partition coefficient (Wildman–Crippen LogP) is 3.07. The van der Waals surface area contributed by atoms with Gasteiger partial charge in [-0.3, -0.25) is 4.79 Å². The lowest BCUT2D eigenvalue weighted by atomic mass is 10.1. The molecule has 1 amide bonds. The fourth-order valence-electron chi connectivity index (χ4n) is 2.58. The molecule has 0 aliphatic rings. The molecule has 1 heterocycles. The van der Waals surface area contributed by atoms with Gasteiger partial charge in [0.25, 0.3) is 5.91 Å². The number of hydrogen-bond donors (Lipinski definition) is 1. The third-order valence-electron chi connectivity index (χ3n) is 4.24. The molecule has 0 atom stereocenters. The van der Waals surface area contributed by atoms with Gasteiger partial charge in [-0.05, 0) is 61.4 Å². The van der Waals surface area contributed by atoms with Gasteiger partial charge >= 0.3 is 0 Å². The van der Waals surface area contributed by atoms with Crippen LogP contribution in [0.15, 0.2) is 42.5 Å². The van der Waals surface area contributed by atoms with Crippen LogP contribution in [0.5, 0.6) is 0 Å². The Morgan fingerprint density at radius 3 is 2.56 bits per heavy atom. The summed E-state index contributed by atoms with van der Waals surface area (Å²) in [5.74, 6) is -0.217. The molecule has 0 unspecified atom stereocenters. The topological polar surface area (TPSA) is 69.0 Å². The van der Waals surface area contributed by atoms with Crippen molar-refractivity contribution < 1.29 is 13.9 Å². The lowest BCUT2D eigenvalue weighted by Crippen LogP contribution is -2.28. The van der Waals surface area contributed by atoms with Crippen LogP contribution in [0.4, 0.5) is 4.39 Å². The minimum atomic E-state index is -0.391. The number of nitrogens with one attached hydrogen (secondary N) is 1. The number of hydrogen-bond acceptors (Lipinski definition) is 4. The Morgan fingerprint density at radius 2 is 1.89 bits per heavy atom. The monoisotopic (exact) mass is 368 g/mol. The average molecular weight is 368 g/mol. The normalized spacial score (nSPS) is 10.8. The number of carbonyl (C=O) groups excluding carboxylic acids is 1. The molecule has 2 aromatic carbocycles. The quantitative estimate of drug-likeness (QED) is 0.679. The highest BCUT2D eigenvalue weighted by atomic mass is 19.1. The van der Waals surface area contributed by atoms with Gasteiger partial charge < -0.3 is 10.1 Å². The third-order valence-corrected chi connectivity index (χ3v) is 4.24. The number of ether oxygens (including phenoxy) is 1. The minimum absolute atomic E-state index is 0.0451. The van der Waals surface area contributed by atoms with Crippen molar-refractivity contribution in [2.45, 2.75) is 13.8 Å². The van der Waals surface area contributed by atoms with Gasteiger partial charge in [0, 0.05) is 19.2 Å². The Kier molecular flexibility index (Phi) is 5.61. The molecule has 0 radical (unpaired) electrons. The molecule has 0 aliphatic heterocycles. The zero-order valence-electron chi connectivity index (χ0n) is 15.5. The molecule has 0 saturated heterocycles. The second-order valence-electron chi connectivity index (χ2n) is 6.19. The highest BCUT2D eigenvalue weighted by Gasteiger charge is 2.19. The van der Waals surface area contributed by atoms with Gasteiger partial charge in [0.15, 0.2) is 5.82 Å². The van der Waals surface area contributed by atoms with Gasteiger partial charge in [0.05, 0.1) is 12.3 Å². The van der Waals surface area contributed by atoms with E-state index in [-0.39, 0.29) is 11.6 Å². The van der Waals surface area contributed by atoms with Crippen LogP contribution in [0.1, 0.15) is 21.7 Å². The van der Waals surface area contributed by atoms with Crippen molar-refractivity contribution in [1.29, 1.82) is 0 Å². The Hall–Kier alpha value is -3.06. The minimum Gasteiger partial charge on any atom is -0.383 e. The smallest absolute Gasteiger partial charge is 0.291 e. The van der Waals surface area contributed by atoms with E-state index in [0.29, 0.717) is 24.5 Å². The molecule has 1 N–H and O–H groups in total. The first-order valence-corrected chi connectivity index (χ1v) is 8.57. The molecule has 6 nitrogen and oxygen atoms in total. The molecule has 0 saturated carbocycles. The maximum atomic E-state index is 13.3. The maximum Gasteiger partial charge on any atom is 0.291 e. The Morgan fingerprint density at radius 1 is 1.15 bits per heavy atom. The number of nitrogens with zero attached hydrogens (tertiary/aromatic N) is 3. The number of methoxy groups -OCH3 is 1. The number of carbonyl (C=O) groups is 1. The summed E-state index contributed by atoms with van der Waals surface area (Å²) in [7, 11) is 1.56. The first-order valence-electron chi connectivity index (χ1n) is 8.57. The zero-order valence-corrected chi connectivity index (χ0v) is 15.5. The molecule has 3 rings (SSSR count). The van der Waals surface area contributed by atoms with Crippen LogP contribution < -0.4 is 5.32 Å². The van der Waals surface area contributed by atoms with E-state index in [2.05, 4.69) is 15.4 Å². The van der Waals surface area contributed by atoms with Gasteiger partial charge in [0.2, 0.25) is 5.82 Å². The van der Waals surface area contributed by atoms with Crippen LogP contribution in [0.25, 0.3) is 17.1 Å². The average Bonchev–Trinajstić information content (AvgIpc) is 3.10. The lowest BCUT2D eigenvalue weighted by molar-refractivity contribution is 0.0927. The van der Waals surface area contributed by atoms with Gasteiger partial charge in [-0.1, -0.05) is 6.07 Å². The summed E-state index contributed by atoms with van der Waals surface area (Å²) in [4.78, 5) is 16.8.